The summed E-state index contributed by atoms with van der Waals surface area (Å²) in [4.78, 5) is 34.3. The predicted octanol–water partition coefficient (Wildman–Crippen LogP) is 7.00. The molecule has 2 amide bonds. The van der Waals surface area contributed by atoms with Gasteiger partial charge in [0.25, 0.3) is 5.91 Å². The highest BCUT2D eigenvalue weighted by molar-refractivity contribution is 6.08. The molecule has 1 aliphatic rings. The molecule has 4 aromatic carbocycles. The predicted molar refractivity (Wildman–Crippen MR) is 153 cm³/mol. The molecule has 1 unspecified atom stereocenters. The minimum Gasteiger partial charge on any atom is -0.444 e. The number of halogens is 1. The van der Waals surface area contributed by atoms with Gasteiger partial charge in [0.2, 0.25) is 5.96 Å². The van der Waals surface area contributed by atoms with Gasteiger partial charge in [0, 0.05) is 7.05 Å². The molecule has 0 aliphatic carbocycles. The number of hydrogen-bond donors (Lipinski definition) is 0. The fourth-order valence-corrected chi connectivity index (χ4v) is 4.60. The van der Waals surface area contributed by atoms with Crippen LogP contribution in [0, 0.1) is 12.7 Å². The molecule has 1 aliphatic heterocycles. The Bertz CT molecular complexity index is 1570. The number of likely N-dealkylation sites (N-methyl/N-ethyl adjacent to an activating group) is 1. The van der Waals surface area contributed by atoms with Gasteiger partial charge in [-0.05, 0) is 41.8 Å². The topological polar surface area (TPSA) is 62.2 Å². The number of aryl methyl sites for hydroxylation is 1. The summed E-state index contributed by atoms with van der Waals surface area (Å²) in [6.07, 6.45) is 1.17. The zero-order valence-corrected chi connectivity index (χ0v) is 22.2. The Morgan fingerprint density at radius 2 is 1.50 bits per heavy atom. The molecule has 200 valence electrons. The molecule has 1 atom stereocenters. The summed E-state index contributed by atoms with van der Waals surface area (Å²) in [5.41, 5.74) is 4.00. The van der Waals surface area contributed by atoms with Gasteiger partial charge < -0.3 is 9.64 Å². The molecule has 1 saturated heterocycles. The number of guanidine groups is 1. The van der Waals surface area contributed by atoms with E-state index in [1.165, 1.54) is 23.1 Å². The minimum absolute atomic E-state index is 0.0300. The maximum Gasteiger partial charge on any atom is 0.421 e. The third-order valence-electron chi connectivity index (χ3n) is 6.64. The number of benzene rings is 4. The Morgan fingerprint density at radius 1 is 0.875 bits per heavy atom. The van der Waals surface area contributed by atoms with Gasteiger partial charge >= 0.3 is 6.09 Å². The second-order valence-electron chi connectivity index (χ2n) is 9.48. The van der Waals surface area contributed by atoms with E-state index in [0.717, 1.165) is 22.3 Å². The van der Waals surface area contributed by atoms with E-state index in [9.17, 15) is 14.0 Å². The molecule has 40 heavy (non-hydrogen) atoms. The Kier molecular flexibility index (Phi) is 7.82. The molecule has 0 N–H and O–H groups in total. The van der Waals surface area contributed by atoms with E-state index in [1.54, 1.807) is 18.0 Å². The van der Waals surface area contributed by atoms with E-state index in [-0.39, 0.29) is 18.1 Å². The third kappa shape index (κ3) is 5.68. The monoisotopic (exact) mass is 533 g/mol. The second kappa shape index (κ2) is 11.8. The van der Waals surface area contributed by atoms with E-state index in [2.05, 4.69) is 4.99 Å². The van der Waals surface area contributed by atoms with Crippen molar-refractivity contribution in [1.82, 2.24) is 9.80 Å². The molecule has 0 bridgehead atoms. The van der Waals surface area contributed by atoms with E-state index < -0.39 is 23.9 Å². The van der Waals surface area contributed by atoms with Crippen LogP contribution in [0.4, 0.5) is 9.18 Å². The lowest BCUT2D eigenvalue weighted by molar-refractivity contribution is 0.0995. The molecule has 4 aromatic rings. The Balaban J connectivity index is 1.63. The second-order valence-corrected chi connectivity index (χ2v) is 9.48. The first-order valence-electron chi connectivity index (χ1n) is 12.9. The SMILES string of the molecule is Cc1ccc(C2/C(=C/c3ccccc3)N(C(=O)OCc3ccccc3)C(=NC(=O)c3ccccc3F)N2C)cc1. The first kappa shape index (κ1) is 26.6. The average molecular weight is 534 g/mol. The van der Waals surface area contributed by atoms with Crippen LogP contribution in [-0.2, 0) is 11.3 Å². The molecule has 0 radical (unpaired) electrons. The highest BCUT2D eigenvalue weighted by atomic mass is 19.1. The number of carbonyl (C=O) groups is 2. The van der Waals surface area contributed by atoms with Crippen LogP contribution in [0.3, 0.4) is 0 Å². The van der Waals surface area contributed by atoms with Crippen molar-refractivity contribution in [3.8, 4) is 0 Å². The molecule has 0 spiro atoms. The Morgan fingerprint density at radius 3 is 2.17 bits per heavy atom. The standard InChI is InChI=1S/C33H28FN3O3/c1-23-17-19-26(20-18-23)30-29(21-24-11-5-3-6-12-24)37(33(39)40-22-25-13-7-4-8-14-25)32(36(30)2)35-31(38)27-15-9-10-16-28(27)34/h3-21,30H,22H2,1-2H3/b29-21-,35-32?. The van der Waals surface area contributed by atoms with Crippen LogP contribution in [0.25, 0.3) is 6.08 Å². The van der Waals surface area contributed by atoms with Gasteiger partial charge in [-0.1, -0.05) is 103 Å². The number of amides is 2. The minimum atomic E-state index is -0.801. The molecule has 0 aromatic heterocycles. The van der Waals surface area contributed by atoms with Crippen LogP contribution in [0.15, 0.2) is 120 Å². The summed E-state index contributed by atoms with van der Waals surface area (Å²) in [5.74, 6) is -1.45. The van der Waals surface area contributed by atoms with Crippen molar-refractivity contribution in [1.29, 1.82) is 0 Å². The molecule has 7 heteroatoms. The highest BCUT2D eigenvalue weighted by Crippen LogP contribution is 2.39. The van der Waals surface area contributed by atoms with Crippen LogP contribution >= 0.6 is 0 Å². The first-order valence-corrected chi connectivity index (χ1v) is 12.9. The number of hydrogen-bond acceptors (Lipinski definition) is 3. The fraction of sp³-hybridized carbons (Fsp3) is 0.121. The summed E-state index contributed by atoms with van der Waals surface area (Å²) in [6.45, 7) is 2.03. The normalized spacial score (nSPS) is 16.9. The first-order chi connectivity index (χ1) is 19.4. The van der Waals surface area contributed by atoms with Crippen LogP contribution in [0.1, 0.15) is 38.7 Å². The van der Waals surface area contributed by atoms with Gasteiger partial charge in [-0.3, -0.25) is 4.79 Å². The van der Waals surface area contributed by atoms with Crippen molar-refractivity contribution in [3.05, 3.63) is 149 Å². The van der Waals surface area contributed by atoms with Crippen molar-refractivity contribution in [2.24, 2.45) is 4.99 Å². The van der Waals surface area contributed by atoms with Crippen molar-refractivity contribution in [2.75, 3.05) is 7.05 Å². The average Bonchev–Trinajstić information content (AvgIpc) is 3.23. The molecule has 1 heterocycles. The zero-order valence-electron chi connectivity index (χ0n) is 22.2. The smallest absolute Gasteiger partial charge is 0.421 e. The van der Waals surface area contributed by atoms with Gasteiger partial charge in [0.1, 0.15) is 12.4 Å². The molecular formula is C33H28FN3O3. The van der Waals surface area contributed by atoms with Gasteiger partial charge in [-0.15, -0.1) is 0 Å². The number of nitrogens with zero attached hydrogens (tertiary/aromatic N) is 3. The van der Waals surface area contributed by atoms with E-state index in [4.69, 9.17) is 4.74 Å². The van der Waals surface area contributed by atoms with Crippen molar-refractivity contribution in [2.45, 2.75) is 19.6 Å². The summed E-state index contributed by atoms with van der Waals surface area (Å²) in [6, 6.07) is 32.0. The van der Waals surface area contributed by atoms with Crippen molar-refractivity contribution >= 4 is 24.0 Å². The van der Waals surface area contributed by atoms with Crippen molar-refractivity contribution < 1.29 is 18.7 Å². The van der Waals surface area contributed by atoms with Crippen LogP contribution < -0.4 is 0 Å². The Labute approximate surface area is 232 Å². The molecule has 0 saturated carbocycles. The van der Waals surface area contributed by atoms with Crippen LogP contribution in [-0.4, -0.2) is 34.8 Å². The number of ether oxygens (including phenoxy) is 1. The van der Waals surface area contributed by atoms with E-state index >= 15 is 0 Å². The Hall–Kier alpha value is -5.04. The van der Waals surface area contributed by atoms with Gasteiger partial charge in [-0.2, -0.15) is 4.99 Å². The summed E-state index contributed by atoms with van der Waals surface area (Å²) in [5, 5.41) is 0. The third-order valence-corrected chi connectivity index (χ3v) is 6.64. The van der Waals surface area contributed by atoms with Crippen LogP contribution in [0.5, 0.6) is 0 Å². The highest BCUT2D eigenvalue weighted by Gasteiger charge is 2.44. The zero-order chi connectivity index (χ0) is 28.1. The van der Waals surface area contributed by atoms with Gasteiger partial charge in [0.05, 0.1) is 17.3 Å². The molecule has 1 fully saturated rings. The van der Waals surface area contributed by atoms with E-state index in [1.807, 2.05) is 97.9 Å². The lowest BCUT2D eigenvalue weighted by Crippen LogP contribution is -2.37. The number of rotatable bonds is 5. The number of carbonyl (C=O) groups excluding carboxylic acids is 2. The summed E-state index contributed by atoms with van der Waals surface area (Å²) < 4.78 is 20.2. The lowest BCUT2D eigenvalue weighted by Gasteiger charge is -2.21. The molecule has 6 nitrogen and oxygen atoms in total. The van der Waals surface area contributed by atoms with E-state index in [0.29, 0.717) is 5.70 Å². The van der Waals surface area contributed by atoms with Gasteiger partial charge in [-0.25, -0.2) is 14.1 Å². The summed E-state index contributed by atoms with van der Waals surface area (Å²) >= 11 is 0. The largest absolute Gasteiger partial charge is 0.444 e. The summed E-state index contributed by atoms with van der Waals surface area (Å²) in [7, 11) is 1.75. The van der Waals surface area contributed by atoms with Gasteiger partial charge in [0.15, 0.2) is 0 Å². The van der Waals surface area contributed by atoms with Crippen LogP contribution in [0.2, 0.25) is 0 Å². The maximum absolute atomic E-state index is 14.5. The lowest BCUT2D eigenvalue weighted by atomic mass is 10.0. The molecule has 5 rings (SSSR count). The number of aliphatic imine (C=N–C) groups is 1. The fourth-order valence-electron chi connectivity index (χ4n) is 4.60. The van der Waals surface area contributed by atoms with Crippen molar-refractivity contribution in [3.63, 3.8) is 0 Å². The molecular weight excluding hydrogens is 505 g/mol. The quantitative estimate of drug-likeness (QED) is 0.277. The maximum atomic E-state index is 14.5.